The number of ether oxygens (including phenoxy) is 1. The van der Waals surface area contributed by atoms with Crippen molar-refractivity contribution in [1.82, 2.24) is 20.0 Å². The van der Waals surface area contributed by atoms with E-state index in [9.17, 15) is 40.3 Å². The fourth-order valence-corrected chi connectivity index (χ4v) is 7.70. The first kappa shape index (κ1) is 34.3. The van der Waals surface area contributed by atoms with E-state index in [-0.39, 0.29) is 31.6 Å². The van der Waals surface area contributed by atoms with E-state index in [2.05, 4.69) is 5.32 Å². The number of thioether (sulfide) groups is 1. The first-order valence-corrected chi connectivity index (χ1v) is 15.8. The molecule has 1 N–H and O–H groups in total. The normalized spacial score (nSPS) is 22.9. The van der Waals surface area contributed by atoms with Gasteiger partial charge in [0, 0.05) is 63.2 Å². The van der Waals surface area contributed by atoms with Gasteiger partial charge in [-0.15, -0.1) is 11.8 Å². The van der Waals surface area contributed by atoms with Crippen LogP contribution in [0.1, 0.15) is 30.9 Å². The Bertz CT molecular complexity index is 1360. The lowest BCUT2D eigenvalue weighted by Gasteiger charge is -2.38. The number of alkyl halides is 6. The van der Waals surface area contributed by atoms with Crippen molar-refractivity contribution in [3.05, 3.63) is 65.5 Å². The summed E-state index contributed by atoms with van der Waals surface area (Å²) in [6.45, 7) is 3.27. The number of rotatable bonds is 7. The van der Waals surface area contributed by atoms with E-state index < -0.39 is 46.6 Å². The molecule has 46 heavy (non-hydrogen) atoms. The summed E-state index contributed by atoms with van der Waals surface area (Å²) in [5.74, 6) is -1.06. The van der Waals surface area contributed by atoms with Crippen LogP contribution in [-0.2, 0) is 19.9 Å². The highest BCUT2D eigenvalue weighted by Gasteiger charge is 2.73. The maximum absolute atomic E-state index is 14.4. The van der Waals surface area contributed by atoms with Gasteiger partial charge in [0.2, 0.25) is 5.91 Å². The minimum absolute atomic E-state index is 0.0903. The summed E-state index contributed by atoms with van der Waals surface area (Å²) in [6.07, 6.45) is -10.9. The molecule has 0 saturated carbocycles. The van der Waals surface area contributed by atoms with Crippen LogP contribution < -0.4 is 5.32 Å². The number of carbonyl (C=O) groups excluding carboxylic acids is 2. The van der Waals surface area contributed by atoms with E-state index in [1.54, 1.807) is 14.7 Å². The molecule has 2 aromatic rings. The van der Waals surface area contributed by atoms with Gasteiger partial charge < -0.3 is 24.8 Å². The highest BCUT2D eigenvalue weighted by molar-refractivity contribution is 8.00. The van der Waals surface area contributed by atoms with Gasteiger partial charge in [-0.2, -0.15) is 26.3 Å². The maximum atomic E-state index is 14.4. The Kier molecular flexibility index (Phi) is 9.86. The van der Waals surface area contributed by atoms with E-state index in [0.29, 0.717) is 56.0 Å². The van der Waals surface area contributed by atoms with Crippen LogP contribution in [0.3, 0.4) is 0 Å². The zero-order chi connectivity index (χ0) is 33.3. The standard InChI is InChI=1S/C31H35F7N4O3S/c1-21(43)40-14-16-41(17-15-40)27(44)42-13-11-28(20-42,46-26-8-6-25(32)7-9-26)23-2-4-24(5-3-23)29(30(33,34)35,31(36,37)38)45-19-22-10-12-39-18-22/h2-9,22,39H,10-20H2,1H3/t22?,28-/m0/s1. The second-order valence-corrected chi connectivity index (χ2v) is 13.4. The quantitative estimate of drug-likeness (QED) is 0.379. The van der Waals surface area contributed by atoms with Crippen LogP contribution in [0, 0.1) is 11.7 Å². The van der Waals surface area contributed by atoms with Crippen molar-refractivity contribution in [3.8, 4) is 0 Å². The molecule has 15 heteroatoms. The minimum Gasteiger partial charge on any atom is -0.354 e. The summed E-state index contributed by atoms with van der Waals surface area (Å²) in [7, 11) is 0. The fraction of sp³-hybridized carbons (Fsp3) is 0.548. The van der Waals surface area contributed by atoms with Crippen LogP contribution in [-0.4, -0.2) is 98.0 Å². The van der Waals surface area contributed by atoms with Crippen LogP contribution in [0.5, 0.6) is 0 Å². The maximum Gasteiger partial charge on any atom is 0.430 e. The number of nitrogens with zero attached hydrogens (tertiary/aromatic N) is 3. The summed E-state index contributed by atoms with van der Waals surface area (Å²) in [5, 5.41) is 2.92. The third-order valence-corrected chi connectivity index (χ3v) is 10.4. The number of carbonyl (C=O) groups is 2. The van der Waals surface area contributed by atoms with Crippen molar-refractivity contribution in [3.63, 3.8) is 0 Å². The van der Waals surface area contributed by atoms with Crippen molar-refractivity contribution in [2.45, 2.75) is 47.4 Å². The molecule has 0 aliphatic carbocycles. The molecule has 0 spiro atoms. The zero-order valence-corrected chi connectivity index (χ0v) is 25.9. The molecular formula is C31H35F7N4O3S. The van der Waals surface area contributed by atoms with Gasteiger partial charge in [0.25, 0.3) is 5.60 Å². The number of nitrogens with one attached hydrogen (secondary N) is 1. The second-order valence-electron chi connectivity index (χ2n) is 11.9. The monoisotopic (exact) mass is 676 g/mol. The summed E-state index contributed by atoms with van der Waals surface area (Å²) >= 11 is 1.27. The molecule has 0 radical (unpaired) electrons. The number of piperazine rings is 1. The molecule has 2 atom stereocenters. The zero-order valence-electron chi connectivity index (χ0n) is 25.1. The van der Waals surface area contributed by atoms with Gasteiger partial charge in [0.1, 0.15) is 5.82 Å². The fourth-order valence-electron chi connectivity index (χ4n) is 6.31. The Morgan fingerprint density at radius 1 is 0.891 bits per heavy atom. The highest BCUT2D eigenvalue weighted by Crippen LogP contribution is 2.54. The molecule has 0 bridgehead atoms. The lowest BCUT2D eigenvalue weighted by Crippen LogP contribution is -2.56. The Morgan fingerprint density at radius 2 is 1.50 bits per heavy atom. The molecule has 3 saturated heterocycles. The van der Waals surface area contributed by atoms with Gasteiger partial charge in [-0.3, -0.25) is 4.79 Å². The smallest absolute Gasteiger partial charge is 0.354 e. The molecule has 2 aromatic carbocycles. The first-order valence-electron chi connectivity index (χ1n) is 15.0. The topological polar surface area (TPSA) is 65.1 Å². The van der Waals surface area contributed by atoms with Crippen molar-refractivity contribution in [2.75, 3.05) is 59.0 Å². The number of benzene rings is 2. The minimum atomic E-state index is -5.80. The molecule has 3 amide bonds. The van der Waals surface area contributed by atoms with Crippen LogP contribution in [0.25, 0.3) is 0 Å². The predicted molar refractivity (Wildman–Crippen MR) is 157 cm³/mol. The van der Waals surface area contributed by atoms with Crippen molar-refractivity contribution in [2.24, 2.45) is 5.92 Å². The molecule has 1 unspecified atom stereocenters. The molecule has 3 fully saturated rings. The van der Waals surface area contributed by atoms with Crippen molar-refractivity contribution in [1.29, 1.82) is 0 Å². The average Bonchev–Trinajstić information content (AvgIpc) is 3.68. The van der Waals surface area contributed by atoms with Gasteiger partial charge in [-0.25, -0.2) is 9.18 Å². The Morgan fingerprint density at radius 3 is 2.04 bits per heavy atom. The molecule has 3 heterocycles. The molecule has 3 aliphatic rings. The number of urea groups is 1. The lowest BCUT2D eigenvalue weighted by atomic mass is 9.88. The Hall–Kier alpha value is -3.04. The molecule has 3 aliphatic heterocycles. The SMILES string of the molecule is CC(=O)N1CCN(C(=O)N2CC[C@@](Sc3ccc(F)cc3)(c3ccc(C(OCC4CCNC4)(C(F)(F)F)C(F)(F)F)cc3)C2)CC1. The molecule has 0 aromatic heterocycles. The number of halogens is 7. The summed E-state index contributed by atoms with van der Waals surface area (Å²) in [6, 6.07) is 9.38. The van der Waals surface area contributed by atoms with Crippen LogP contribution >= 0.6 is 11.8 Å². The Balaban J connectivity index is 1.45. The summed E-state index contributed by atoms with van der Waals surface area (Å²) in [4.78, 5) is 30.7. The van der Waals surface area contributed by atoms with E-state index >= 15 is 0 Å². The highest BCUT2D eigenvalue weighted by atomic mass is 32.2. The third-order valence-electron chi connectivity index (χ3n) is 8.94. The van der Waals surface area contributed by atoms with Gasteiger partial charge >= 0.3 is 18.4 Å². The third kappa shape index (κ3) is 6.82. The Labute approximate surface area is 266 Å². The number of amides is 3. The average molecular weight is 677 g/mol. The number of hydrogen-bond donors (Lipinski definition) is 1. The van der Waals surface area contributed by atoms with E-state index in [0.717, 1.165) is 12.1 Å². The van der Waals surface area contributed by atoms with Crippen LogP contribution in [0.2, 0.25) is 0 Å². The van der Waals surface area contributed by atoms with Gasteiger partial charge in [0.05, 0.1) is 11.4 Å². The molecule has 5 rings (SSSR count). The summed E-state index contributed by atoms with van der Waals surface area (Å²) < 4.78 is 104. The van der Waals surface area contributed by atoms with E-state index in [1.165, 1.54) is 55.1 Å². The van der Waals surface area contributed by atoms with Gasteiger partial charge in [-0.1, -0.05) is 24.3 Å². The predicted octanol–water partition coefficient (Wildman–Crippen LogP) is 5.75. The van der Waals surface area contributed by atoms with Gasteiger partial charge in [-0.05, 0) is 55.1 Å². The molecule has 252 valence electrons. The summed E-state index contributed by atoms with van der Waals surface area (Å²) in [5.41, 5.74) is -5.20. The van der Waals surface area contributed by atoms with Crippen molar-refractivity contribution >= 4 is 23.7 Å². The van der Waals surface area contributed by atoms with Gasteiger partial charge in [0.15, 0.2) is 0 Å². The first-order chi connectivity index (χ1) is 21.6. The van der Waals surface area contributed by atoms with Crippen molar-refractivity contribution < 1.29 is 45.1 Å². The van der Waals surface area contributed by atoms with Crippen LogP contribution in [0.15, 0.2) is 53.4 Å². The van der Waals surface area contributed by atoms with E-state index in [1.807, 2.05) is 0 Å². The largest absolute Gasteiger partial charge is 0.430 e. The molecular weight excluding hydrogens is 641 g/mol. The van der Waals surface area contributed by atoms with E-state index in [4.69, 9.17) is 4.74 Å². The molecule has 7 nitrogen and oxygen atoms in total. The second kappa shape index (κ2) is 13.2. The number of likely N-dealkylation sites (tertiary alicyclic amines) is 1. The van der Waals surface area contributed by atoms with Crippen LogP contribution in [0.4, 0.5) is 35.5 Å². The number of hydrogen-bond acceptors (Lipinski definition) is 5. The lowest BCUT2D eigenvalue weighted by molar-refractivity contribution is -0.391.